The first-order chi connectivity index (χ1) is 21.2. The van der Waals surface area contributed by atoms with Gasteiger partial charge in [-0.3, -0.25) is 15.0 Å². The predicted molar refractivity (Wildman–Crippen MR) is 166 cm³/mol. The molecule has 0 unspecified atom stereocenters. The Labute approximate surface area is 248 Å². The van der Waals surface area contributed by atoms with Crippen molar-refractivity contribution in [2.45, 2.75) is 6.92 Å². The van der Waals surface area contributed by atoms with Crippen LogP contribution in [-0.4, -0.2) is 39.9 Å². The zero-order valence-corrected chi connectivity index (χ0v) is 23.2. The van der Waals surface area contributed by atoms with Crippen LogP contribution in [0, 0.1) is 6.92 Å². The second kappa shape index (κ2) is 11.5. The smallest absolute Gasteiger partial charge is 0.182 e. The molecule has 0 radical (unpaired) electrons. The molecule has 1 aromatic carbocycles. The van der Waals surface area contributed by atoms with E-state index < -0.39 is 0 Å². The standard InChI is InChI=1S/C35H24N8/c1-23-22-25(14-15-26(23)24-16-20-36-21-17-24)33-41-34(31-12-6-10-29(39-31)27-8-2-4-18-37-27)43-35(42-33)32-13-7-11-30(40-32)28-9-3-5-19-38-28/h2-22H,1H3. The van der Waals surface area contributed by atoms with Gasteiger partial charge in [-0.2, -0.15) is 0 Å². The molecule has 0 amide bonds. The van der Waals surface area contributed by atoms with Gasteiger partial charge in [-0.05, 0) is 90.3 Å². The Hall–Kier alpha value is -6.02. The van der Waals surface area contributed by atoms with Crippen molar-refractivity contribution in [2.75, 3.05) is 0 Å². The monoisotopic (exact) mass is 556 g/mol. The Balaban J connectivity index is 1.37. The summed E-state index contributed by atoms with van der Waals surface area (Å²) in [6.45, 7) is 2.08. The van der Waals surface area contributed by atoms with Crippen molar-refractivity contribution in [3.63, 3.8) is 0 Å². The lowest BCUT2D eigenvalue weighted by Gasteiger charge is -2.11. The third-order valence-electron chi connectivity index (χ3n) is 6.92. The van der Waals surface area contributed by atoms with Gasteiger partial charge in [-0.1, -0.05) is 36.4 Å². The fraction of sp³-hybridized carbons (Fsp3) is 0.0286. The largest absolute Gasteiger partial charge is 0.265 e. The number of aryl methyl sites for hydroxylation is 1. The molecule has 204 valence electrons. The van der Waals surface area contributed by atoms with Crippen LogP contribution in [0.25, 0.3) is 68.3 Å². The van der Waals surface area contributed by atoms with Gasteiger partial charge in [0.2, 0.25) is 0 Å². The lowest BCUT2D eigenvalue weighted by atomic mass is 9.99. The summed E-state index contributed by atoms with van der Waals surface area (Å²) in [7, 11) is 0. The Morgan fingerprint density at radius 2 is 0.930 bits per heavy atom. The van der Waals surface area contributed by atoms with Crippen LogP contribution in [0.5, 0.6) is 0 Å². The van der Waals surface area contributed by atoms with Crippen molar-refractivity contribution in [3.8, 4) is 68.3 Å². The normalized spacial score (nSPS) is 10.9. The highest BCUT2D eigenvalue weighted by Crippen LogP contribution is 2.29. The Morgan fingerprint density at radius 3 is 1.47 bits per heavy atom. The zero-order chi connectivity index (χ0) is 29.0. The highest BCUT2D eigenvalue weighted by atomic mass is 15.1. The molecular weight excluding hydrogens is 532 g/mol. The summed E-state index contributed by atoms with van der Waals surface area (Å²) in [5.74, 6) is 1.41. The molecule has 0 aliphatic rings. The Morgan fingerprint density at radius 1 is 0.395 bits per heavy atom. The van der Waals surface area contributed by atoms with Gasteiger partial charge < -0.3 is 0 Å². The number of hydrogen-bond donors (Lipinski definition) is 0. The van der Waals surface area contributed by atoms with E-state index in [9.17, 15) is 0 Å². The van der Waals surface area contributed by atoms with E-state index in [-0.39, 0.29) is 0 Å². The third kappa shape index (κ3) is 5.49. The average molecular weight is 557 g/mol. The molecular formula is C35H24N8. The molecule has 0 spiro atoms. The maximum atomic E-state index is 4.90. The van der Waals surface area contributed by atoms with Crippen LogP contribution in [0.2, 0.25) is 0 Å². The topological polar surface area (TPSA) is 103 Å². The number of benzene rings is 1. The maximum absolute atomic E-state index is 4.90. The molecule has 6 heterocycles. The van der Waals surface area contributed by atoms with Gasteiger partial charge in [-0.25, -0.2) is 24.9 Å². The van der Waals surface area contributed by atoms with Crippen molar-refractivity contribution in [1.82, 2.24) is 39.9 Å². The van der Waals surface area contributed by atoms with E-state index >= 15 is 0 Å². The van der Waals surface area contributed by atoms with Gasteiger partial charge in [0.15, 0.2) is 17.5 Å². The summed E-state index contributed by atoms with van der Waals surface area (Å²) < 4.78 is 0. The quantitative estimate of drug-likeness (QED) is 0.213. The highest BCUT2D eigenvalue weighted by molar-refractivity contribution is 5.73. The molecule has 7 rings (SSSR count). The van der Waals surface area contributed by atoms with Crippen LogP contribution in [0.4, 0.5) is 0 Å². The first kappa shape index (κ1) is 25.9. The van der Waals surface area contributed by atoms with Crippen LogP contribution >= 0.6 is 0 Å². The van der Waals surface area contributed by atoms with E-state index in [4.69, 9.17) is 24.9 Å². The predicted octanol–water partition coefficient (Wildman–Crippen LogP) is 7.16. The number of rotatable bonds is 6. The van der Waals surface area contributed by atoms with E-state index in [0.29, 0.717) is 28.9 Å². The molecule has 7 aromatic rings. The first-order valence-electron chi connectivity index (χ1n) is 13.8. The van der Waals surface area contributed by atoms with Crippen LogP contribution in [-0.2, 0) is 0 Å². The van der Waals surface area contributed by atoms with Crippen molar-refractivity contribution in [2.24, 2.45) is 0 Å². The van der Waals surface area contributed by atoms with Gasteiger partial charge in [0.05, 0.1) is 22.8 Å². The van der Waals surface area contributed by atoms with Gasteiger partial charge in [-0.15, -0.1) is 0 Å². The second-order valence-electron chi connectivity index (χ2n) is 9.82. The van der Waals surface area contributed by atoms with E-state index in [0.717, 1.165) is 45.0 Å². The molecule has 0 fully saturated rings. The number of aromatic nitrogens is 8. The van der Waals surface area contributed by atoms with Crippen molar-refractivity contribution in [3.05, 3.63) is 133 Å². The molecule has 6 aromatic heterocycles. The highest BCUT2D eigenvalue weighted by Gasteiger charge is 2.16. The van der Waals surface area contributed by atoms with E-state index in [1.807, 2.05) is 91.0 Å². The van der Waals surface area contributed by atoms with Crippen molar-refractivity contribution >= 4 is 0 Å². The lowest BCUT2D eigenvalue weighted by Crippen LogP contribution is -2.03. The number of nitrogens with zero attached hydrogens (tertiary/aromatic N) is 8. The fourth-order valence-corrected chi connectivity index (χ4v) is 4.82. The lowest BCUT2D eigenvalue weighted by molar-refractivity contribution is 1.04. The molecule has 0 aliphatic carbocycles. The minimum atomic E-state index is 0.443. The molecule has 0 aliphatic heterocycles. The molecule has 0 saturated carbocycles. The Bertz CT molecular complexity index is 1930. The van der Waals surface area contributed by atoms with E-state index in [2.05, 4.69) is 34.0 Å². The van der Waals surface area contributed by atoms with Crippen LogP contribution in [0.15, 0.2) is 128 Å². The molecule has 0 bridgehead atoms. The van der Waals surface area contributed by atoms with E-state index in [1.165, 1.54) is 0 Å². The SMILES string of the molecule is Cc1cc(-c2nc(-c3cccc(-c4ccccn4)n3)nc(-c3cccc(-c4ccccn4)n3)n2)ccc1-c1ccncc1. The Kier molecular flexibility index (Phi) is 6.91. The minimum absolute atomic E-state index is 0.443. The summed E-state index contributed by atoms with van der Waals surface area (Å²) in [5.41, 5.74) is 8.40. The van der Waals surface area contributed by atoms with Crippen LogP contribution < -0.4 is 0 Å². The number of hydrogen-bond acceptors (Lipinski definition) is 8. The summed E-state index contributed by atoms with van der Waals surface area (Å²) >= 11 is 0. The summed E-state index contributed by atoms with van der Waals surface area (Å²) in [4.78, 5) is 37.5. The molecule has 8 heteroatoms. The molecule has 0 saturated heterocycles. The van der Waals surface area contributed by atoms with Crippen LogP contribution in [0.1, 0.15) is 5.56 Å². The summed E-state index contributed by atoms with van der Waals surface area (Å²) in [5, 5.41) is 0. The van der Waals surface area contributed by atoms with Gasteiger partial charge in [0, 0.05) is 30.4 Å². The third-order valence-corrected chi connectivity index (χ3v) is 6.92. The van der Waals surface area contributed by atoms with Gasteiger partial charge in [0.1, 0.15) is 11.4 Å². The fourth-order valence-electron chi connectivity index (χ4n) is 4.82. The number of pyridine rings is 5. The first-order valence-corrected chi connectivity index (χ1v) is 13.8. The molecule has 0 N–H and O–H groups in total. The van der Waals surface area contributed by atoms with Crippen molar-refractivity contribution in [1.29, 1.82) is 0 Å². The second-order valence-corrected chi connectivity index (χ2v) is 9.82. The van der Waals surface area contributed by atoms with Gasteiger partial charge >= 0.3 is 0 Å². The maximum Gasteiger partial charge on any atom is 0.182 e. The minimum Gasteiger partial charge on any atom is -0.265 e. The van der Waals surface area contributed by atoms with Crippen LogP contribution in [0.3, 0.4) is 0 Å². The molecule has 0 atom stereocenters. The molecule has 43 heavy (non-hydrogen) atoms. The summed E-state index contributed by atoms with van der Waals surface area (Å²) in [6.07, 6.45) is 7.10. The summed E-state index contributed by atoms with van der Waals surface area (Å²) in [6, 6.07) is 33.2. The average Bonchev–Trinajstić information content (AvgIpc) is 3.09. The van der Waals surface area contributed by atoms with Crippen molar-refractivity contribution < 1.29 is 0 Å². The van der Waals surface area contributed by atoms with Gasteiger partial charge in [0.25, 0.3) is 0 Å². The molecule has 8 nitrogen and oxygen atoms in total. The zero-order valence-electron chi connectivity index (χ0n) is 23.2. The van der Waals surface area contributed by atoms with E-state index in [1.54, 1.807) is 24.8 Å².